The number of hydrogen-bond acceptors (Lipinski definition) is 3. The third-order valence-electron chi connectivity index (χ3n) is 2.69. The Morgan fingerprint density at radius 2 is 2.00 bits per heavy atom. The van der Waals surface area contributed by atoms with E-state index in [0.29, 0.717) is 12.7 Å². The molecule has 94 valence electrons. The van der Waals surface area contributed by atoms with Crippen molar-refractivity contribution < 1.29 is 14.6 Å². The Balaban J connectivity index is 1.91. The Bertz CT molecular complexity index is 369. The number of aliphatic hydroxyl groups excluding tert-OH is 1. The summed E-state index contributed by atoms with van der Waals surface area (Å²) in [6, 6.07) is 7.69. The minimum absolute atomic E-state index is 0.116. The molecule has 1 aliphatic rings. The summed E-state index contributed by atoms with van der Waals surface area (Å²) in [5.74, 6) is 1.66. The van der Waals surface area contributed by atoms with Gasteiger partial charge in [-0.15, -0.1) is 0 Å². The highest BCUT2D eigenvalue weighted by Crippen LogP contribution is 2.29. The van der Waals surface area contributed by atoms with Crippen LogP contribution in [-0.4, -0.2) is 24.4 Å². The second kappa shape index (κ2) is 4.96. The summed E-state index contributed by atoms with van der Waals surface area (Å²) in [7, 11) is 0. The maximum Gasteiger partial charge on any atom is 0.123 e. The molecule has 0 heterocycles. The van der Waals surface area contributed by atoms with E-state index >= 15 is 0 Å². The molecule has 3 nitrogen and oxygen atoms in total. The van der Waals surface area contributed by atoms with Crippen molar-refractivity contribution in [2.75, 3.05) is 13.2 Å². The van der Waals surface area contributed by atoms with E-state index in [1.165, 1.54) is 0 Å². The van der Waals surface area contributed by atoms with Crippen LogP contribution in [0.1, 0.15) is 26.7 Å². The molecule has 1 aromatic rings. The van der Waals surface area contributed by atoms with Gasteiger partial charge in [-0.1, -0.05) is 19.9 Å². The quantitative estimate of drug-likeness (QED) is 0.825. The second-order valence-electron chi connectivity index (χ2n) is 5.40. The minimum atomic E-state index is -0.215. The molecule has 0 aliphatic heterocycles. The first-order valence-corrected chi connectivity index (χ1v) is 6.09. The first kappa shape index (κ1) is 12.2. The van der Waals surface area contributed by atoms with E-state index in [-0.39, 0.29) is 12.0 Å². The van der Waals surface area contributed by atoms with E-state index in [2.05, 4.69) is 0 Å². The predicted molar refractivity (Wildman–Crippen MR) is 66.5 cm³/mol. The van der Waals surface area contributed by atoms with Crippen molar-refractivity contribution in [3.05, 3.63) is 24.3 Å². The van der Waals surface area contributed by atoms with Crippen LogP contribution in [0.3, 0.4) is 0 Å². The highest BCUT2D eigenvalue weighted by Gasteiger charge is 2.23. The zero-order valence-corrected chi connectivity index (χ0v) is 10.5. The van der Waals surface area contributed by atoms with Crippen LogP contribution in [0, 0.1) is 5.41 Å². The zero-order valence-electron chi connectivity index (χ0n) is 10.5. The smallest absolute Gasteiger partial charge is 0.123 e. The molecule has 0 radical (unpaired) electrons. The molecule has 0 atom stereocenters. The molecule has 1 aliphatic carbocycles. The van der Waals surface area contributed by atoms with Gasteiger partial charge in [0.25, 0.3) is 0 Å². The molecule has 0 spiro atoms. The molecular weight excluding hydrogens is 216 g/mol. The minimum Gasteiger partial charge on any atom is -0.493 e. The predicted octanol–water partition coefficient (Wildman–Crippen LogP) is 2.63. The normalized spacial score (nSPS) is 15.7. The molecule has 2 rings (SSSR count). The van der Waals surface area contributed by atoms with E-state index in [4.69, 9.17) is 14.6 Å². The van der Waals surface area contributed by atoms with Crippen molar-refractivity contribution in [3.8, 4) is 11.5 Å². The van der Waals surface area contributed by atoms with Crippen molar-refractivity contribution >= 4 is 0 Å². The summed E-state index contributed by atoms with van der Waals surface area (Å²) in [6.07, 6.45) is 2.71. The fourth-order valence-corrected chi connectivity index (χ4v) is 1.34. The maximum absolute atomic E-state index is 9.15. The van der Waals surface area contributed by atoms with Crippen LogP contribution in [0.5, 0.6) is 11.5 Å². The van der Waals surface area contributed by atoms with Crippen molar-refractivity contribution in [1.82, 2.24) is 0 Å². The Labute approximate surface area is 102 Å². The van der Waals surface area contributed by atoms with Gasteiger partial charge in [0.2, 0.25) is 0 Å². The van der Waals surface area contributed by atoms with Crippen LogP contribution in [-0.2, 0) is 0 Å². The summed E-state index contributed by atoms with van der Waals surface area (Å²) >= 11 is 0. The van der Waals surface area contributed by atoms with E-state index in [9.17, 15) is 0 Å². The second-order valence-corrected chi connectivity index (χ2v) is 5.40. The Hall–Kier alpha value is -1.22. The van der Waals surface area contributed by atoms with Crippen LogP contribution in [0.15, 0.2) is 24.3 Å². The van der Waals surface area contributed by atoms with Gasteiger partial charge >= 0.3 is 0 Å². The summed E-state index contributed by atoms with van der Waals surface area (Å²) in [6.45, 7) is 4.55. The number of rotatable bonds is 6. The van der Waals surface area contributed by atoms with E-state index < -0.39 is 0 Å². The van der Waals surface area contributed by atoms with Gasteiger partial charge in [-0.2, -0.15) is 0 Å². The first-order chi connectivity index (χ1) is 8.09. The lowest BCUT2D eigenvalue weighted by Crippen LogP contribution is -2.25. The number of benzene rings is 1. The Morgan fingerprint density at radius 3 is 2.65 bits per heavy atom. The number of aliphatic hydroxyl groups is 1. The summed E-state index contributed by atoms with van der Waals surface area (Å²) in [4.78, 5) is 0. The van der Waals surface area contributed by atoms with Gasteiger partial charge < -0.3 is 14.6 Å². The average Bonchev–Trinajstić information content (AvgIpc) is 3.11. The Kier molecular flexibility index (Phi) is 3.57. The maximum atomic E-state index is 9.15. The first-order valence-electron chi connectivity index (χ1n) is 6.09. The molecule has 0 unspecified atom stereocenters. The van der Waals surface area contributed by atoms with Gasteiger partial charge in [-0.05, 0) is 25.0 Å². The lowest BCUT2D eigenvalue weighted by molar-refractivity contribution is 0.0974. The number of ether oxygens (including phenoxy) is 2. The van der Waals surface area contributed by atoms with Crippen LogP contribution in [0.4, 0.5) is 0 Å². The van der Waals surface area contributed by atoms with Gasteiger partial charge in [0.15, 0.2) is 0 Å². The van der Waals surface area contributed by atoms with Gasteiger partial charge in [0.05, 0.1) is 19.3 Å². The highest BCUT2D eigenvalue weighted by atomic mass is 16.5. The van der Waals surface area contributed by atoms with Crippen molar-refractivity contribution in [3.63, 3.8) is 0 Å². The largest absolute Gasteiger partial charge is 0.493 e. The fourth-order valence-electron chi connectivity index (χ4n) is 1.34. The standard InChI is InChI=1S/C14H20O3/c1-14(2,9-15)10-16-12-4-3-5-13(8-12)17-11-6-7-11/h3-5,8,11,15H,6-7,9-10H2,1-2H3. The third-order valence-corrected chi connectivity index (χ3v) is 2.69. The molecule has 1 saturated carbocycles. The molecule has 3 heteroatoms. The fraction of sp³-hybridized carbons (Fsp3) is 0.571. The van der Waals surface area contributed by atoms with E-state index in [1.807, 2.05) is 38.1 Å². The topological polar surface area (TPSA) is 38.7 Å². The lowest BCUT2D eigenvalue weighted by Gasteiger charge is -2.21. The van der Waals surface area contributed by atoms with Gasteiger partial charge in [-0.25, -0.2) is 0 Å². The molecule has 0 aromatic heterocycles. The summed E-state index contributed by atoms with van der Waals surface area (Å²) in [5.41, 5.74) is -0.215. The van der Waals surface area contributed by atoms with E-state index in [0.717, 1.165) is 24.3 Å². The SMILES string of the molecule is CC(C)(CO)COc1cccc(OC2CC2)c1. The van der Waals surface area contributed by atoms with Crippen molar-refractivity contribution in [2.45, 2.75) is 32.8 Å². The van der Waals surface area contributed by atoms with Gasteiger partial charge in [-0.3, -0.25) is 0 Å². The Morgan fingerprint density at radius 1 is 1.29 bits per heavy atom. The average molecular weight is 236 g/mol. The molecule has 17 heavy (non-hydrogen) atoms. The van der Waals surface area contributed by atoms with Crippen molar-refractivity contribution in [1.29, 1.82) is 0 Å². The van der Waals surface area contributed by atoms with Crippen LogP contribution in [0.25, 0.3) is 0 Å². The third kappa shape index (κ3) is 3.93. The molecule has 1 N–H and O–H groups in total. The molecule has 1 fully saturated rings. The van der Waals surface area contributed by atoms with Gasteiger partial charge in [0.1, 0.15) is 11.5 Å². The highest BCUT2D eigenvalue weighted by molar-refractivity contribution is 5.33. The molecule has 1 aromatic carbocycles. The molecular formula is C14H20O3. The number of hydrogen-bond donors (Lipinski definition) is 1. The van der Waals surface area contributed by atoms with Gasteiger partial charge in [0, 0.05) is 11.5 Å². The zero-order chi connectivity index (χ0) is 12.3. The monoisotopic (exact) mass is 236 g/mol. The molecule has 0 bridgehead atoms. The summed E-state index contributed by atoms with van der Waals surface area (Å²) < 4.78 is 11.4. The molecule has 0 saturated heterocycles. The van der Waals surface area contributed by atoms with Crippen molar-refractivity contribution in [2.24, 2.45) is 5.41 Å². The lowest BCUT2D eigenvalue weighted by atomic mass is 9.97. The summed E-state index contributed by atoms with van der Waals surface area (Å²) in [5, 5.41) is 9.15. The van der Waals surface area contributed by atoms with E-state index in [1.54, 1.807) is 0 Å². The van der Waals surface area contributed by atoms with Crippen LogP contribution >= 0.6 is 0 Å². The molecule has 0 amide bonds. The van der Waals surface area contributed by atoms with Crippen LogP contribution < -0.4 is 9.47 Å². The van der Waals surface area contributed by atoms with Crippen LogP contribution in [0.2, 0.25) is 0 Å².